The molecular formula is C17H18F3N3O. The van der Waals surface area contributed by atoms with Crippen LogP contribution in [0.2, 0.25) is 0 Å². The summed E-state index contributed by atoms with van der Waals surface area (Å²) in [6.45, 7) is 4.06. The van der Waals surface area contributed by atoms with Crippen molar-refractivity contribution in [2.24, 2.45) is 13.0 Å². The third-order valence-electron chi connectivity index (χ3n) is 4.09. The lowest BCUT2D eigenvalue weighted by Crippen LogP contribution is -2.23. The Morgan fingerprint density at radius 3 is 2.67 bits per heavy atom. The number of nitrogens with zero attached hydrogens (tertiary/aromatic N) is 2. The predicted octanol–water partition coefficient (Wildman–Crippen LogP) is 3.47. The fraction of sp³-hybridized carbons (Fsp3) is 0.412. The molecule has 0 spiro atoms. The van der Waals surface area contributed by atoms with E-state index < -0.39 is 17.8 Å². The van der Waals surface area contributed by atoms with Gasteiger partial charge in [-0.1, -0.05) is 26.0 Å². The molecule has 3 rings (SSSR count). The summed E-state index contributed by atoms with van der Waals surface area (Å²) >= 11 is 0. The number of carbonyl (C=O) groups excluding carboxylic acids is 1. The van der Waals surface area contributed by atoms with Crippen LogP contribution in [0.5, 0.6) is 0 Å². The van der Waals surface area contributed by atoms with E-state index in [2.05, 4.69) is 10.4 Å². The number of rotatable bonds is 3. The Bertz CT molecular complexity index is 793. The molecule has 1 atom stereocenters. The summed E-state index contributed by atoms with van der Waals surface area (Å²) in [6, 6.07) is 4.48. The SMILES string of the molecule is CC(C)Cc1nn(C)c2c1C(c1cccc(C(F)(F)F)c1)NC2=O. The van der Waals surface area contributed by atoms with E-state index in [1.165, 1.54) is 10.7 Å². The lowest BCUT2D eigenvalue weighted by molar-refractivity contribution is -0.137. The maximum atomic E-state index is 13.0. The minimum absolute atomic E-state index is 0.308. The van der Waals surface area contributed by atoms with E-state index in [0.717, 1.165) is 17.8 Å². The maximum absolute atomic E-state index is 13.0. The summed E-state index contributed by atoms with van der Waals surface area (Å²) in [5.41, 5.74) is 1.55. The number of nitrogens with one attached hydrogen (secondary N) is 1. The summed E-state index contributed by atoms with van der Waals surface area (Å²) in [5, 5.41) is 7.19. The summed E-state index contributed by atoms with van der Waals surface area (Å²) in [4.78, 5) is 12.3. The fourth-order valence-electron chi connectivity index (χ4n) is 3.12. The van der Waals surface area contributed by atoms with Crippen LogP contribution in [0, 0.1) is 5.92 Å². The molecule has 4 nitrogen and oxygen atoms in total. The first-order valence-corrected chi connectivity index (χ1v) is 7.72. The van der Waals surface area contributed by atoms with Crippen LogP contribution in [0.4, 0.5) is 13.2 Å². The van der Waals surface area contributed by atoms with Crippen molar-refractivity contribution in [1.82, 2.24) is 15.1 Å². The molecule has 1 N–H and O–H groups in total. The zero-order valence-electron chi connectivity index (χ0n) is 13.6. The zero-order chi connectivity index (χ0) is 17.6. The Kier molecular flexibility index (Phi) is 3.89. The number of aromatic nitrogens is 2. The first-order valence-electron chi connectivity index (χ1n) is 7.72. The van der Waals surface area contributed by atoms with Gasteiger partial charge in [0.25, 0.3) is 5.91 Å². The molecule has 0 saturated carbocycles. The molecule has 7 heteroatoms. The van der Waals surface area contributed by atoms with Crippen LogP contribution in [0.3, 0.4) is 0 Å². The second kappa shape index (κ2) is 5.65. The van der Waals surface area contributed by atoms with Crippen LogP contribution >= 0.6 is 0 Å². The van der Waals surface area contributed by atoms with E-state index in [0.29, 0.717) is 29.2 Å². The van der Waals surface area contributed by atoms with Gasteiger partial charge in [-0.05, 0) is 30.0 Å². The highest BCUT2D eigenvalue weighted by atomic mass is 19.4. The molecule has 2 aromatic rings. The molecule has 0 fully saturated rings. The second-order valence-electron chi connectivity index (χ2n) is 6.46. The third kappa shape index (κ3) is 2.79. The lowest BCUT2D eigenvalue weighted by atomic mass is 9.95. The number of aryl methyl sites for hydroxylation is 1. The normalized spacial score (nSPS) is 17.3. The largest absolute Gasteiger partial charge is 0.416 e. The number of carbonyl (C=O) groups is 1. The van der Waals surface area contributed by atoms with Gasteiger partial charge >= 0.3 is 6.18 Å². The van der Waals surface area contributed by atoms with Gasteiger partial charge in [0.15, 0.2) is 0 Å². The molecule has 0 radical (unpaired) electrons. The minimum atomic E-state index is -4.42. The summed E-state index contributed by atoms with van der Waals surface area (Å²) in [6.07, 6.45) is -3.76. The average molecular weight is 337 g/mol. The smallest absolute Gasteiger partial charge is 0.340 e. The Hall–Kier alpha value is -2.31. The minimum Gasteiger partial charge on any atom is -0.340 e. The molecule has 1 aromatic carbocycles. The van der Waals surface area contributed by atoms with Gasteiger partial charge in [0.2, 0.25) is 0 Å². The van der Waals surface area contributed by atoms with Gasteiger partial charge in [0.1, 0.15) is 5.69 Å². The van der Waals surface area contributed by atoms with Crippen LogP contribution in [-0.2, 0) is 19.6 Å². The molecule has 1 amide bonds. The predicted molar refractivity (Wildman–Crippen MR) is 82.5 cm³/mol. The molecule has 0 saturated heterocycles. The van der Waals surface area contributed by atoms with Crippen molar-refractivity contribution in [3.63, 3.8) is 0 Å². The Labute approximate surface area is 137 Å². The molecular weight excluding hydrogens is 319 g/mol. The molecule has 0 aliphatic carbocycles. The topological polar surface area (TPSA) is 46.9 Å². The molecule has 128 valence electrons. The number of amides is 1. The van der Waals surface area contributed by atoms with Crippen LogP contribution in [-0.4, -0.2) is 15.7 Å². The fourth-order valence-corrected chi connectivity index (χ4v) is 3.12. The van der Waals surface area contributed by atoms with Crippen molar-refractivity contribution in [3.8, 4) is 0 Å². The Morgan fingerprint density at radius 1 is 1.33 bits per heavy atom. The van der Waals surface area contributed by atoms with E-state index in [4.69, 9.17) is 0 Å². The highest BCUT2D eigenvalue weighted by molar-refractivity contribution is 5.98. The molecule has 0 bridgehead atoms. The molecule has 24 heavy (non-hydrogen) atoms. The van der Waals surface area contributed by atoms with Crippen molar-refractivity contribution >= 4 is 5.91 Å². The summed E-state index contributed by atoms with van der Waals surface area (Å²) in [7, 11) is 1.68. The van der Waals surface area contributed by atoms with Gasteiger partial charge in [0, 0.05) is 12.6 Å². The van der Waals surface area contributed by atoms with Gasteiger partial charge in [-0.2, -0.15) is 18.3 Å². The van der Waals surface area contributed by atoms with E-state index in [9.17, 15) is 18.0 Å². The monoisotopic (exact) mass is 337 g/mol. The van der Waals surface area contributed by atoms with Gasteiger partial charge in [-0.25, -0.2) is 0 Å². The number of fused-ring (bicyclic) bond motifs is 1. The van der Waals surface area contributed by atoms with E-state index >= 15 is 0 Å². The van der Waals surface area contributed by atoms with E-state index in [1.54, 1.807) is 13.1 Å². The lowest BCUT2D eigenvalue weighted by Gasteiger charge is -2.16. The Morgan fingerprint density at radius 2 is 2.04 bits per heavy atom. The molecule has 2 heterocycles. The van der Waals surface area contributed by atoms with Gasteiger partial charge in [0.05, 0.1) is 17.3 Å². The van der Waals surface area contributed by atoms with Crippen LogP contribution in [0.25, 0.3) is 0 Å². The van der Waals surface area contributed by atoms with Gasteiger partial charge in [-0.15, -0.1) is 0 Å². The average Bonchev–Trinajstić information content (AvgIpc) is 2.98. The molecule has 1 aromatic heterocycles. The van der Waals surface area contributed by atoms with Crippen LogP contribution in [0.15, 0.2) is 24.3 Å². The number of benzene rings is 1. The number of halogens is 3. The summed E-state index contributed by atoms with van der Waals surface area (Å²) in [5.74, 6) is 0.0132. The van der Waals surface area contributed by atoms with Crippen molar-refractivity contribution in [2.75, 3.05) is 0 Å². The third-order valence-corrected chi connectivity index (χ3v) is 4.09. The van der Waals surface area contributed by atoms with Crippen molar-refractivity contribution in [3.05, 3.63) is 52.3 Å². The van der Waals surface area contributed by atoms with Crippen molar-refractivity contribution in [2.45, 2.75) is 32.5 Å². The standard InChI is InChI=1S/C17H18F3N3O/c1-9(2)7-12-13-14(21-16(24)15(13)23(3)22-12)10-5-4-6-11(8-10)17(18,19)20/h4-6,8-9,14H,7H2,1-3H3,(H,21,24). The van der Waals surface area contributed by atoms with Crippen LogP contribution in [0.1, 0.15) is 52.8 Å². The first-order chi connectivity index (χ1) is 11.2. The Balaban J connectivity index is 2.09. The number of hydrogen-bond acceptors (Lipinski definition) is 2. The number of hydrogen-bond donors (Lipinski definition) is 1. The highest BCUT2D eigenvalue weighted by Crippen LogP contribution is 2.37. The van der Waals surface area contributed by atoms with Gasteiger partial charge < -0.3 is 5.32 Å². The summed E-state index contributed by atoms with van der Waals surface area (Å²) < 4.78 is 40.4. The maximum Gasteiger partial charge on any atom is 0.416 e. The molecule has 1 unspecified atom stereocenters. The quantitative estimate of drug-likeness (QED) is 0.932. The van der Waals surface area contributed by atoms with Crippen molar-refractivity contribution in [1.29, 1.82) is 0 Å². The first kappa shape index (κ1) is 16.5. The molecule has 1 aliphatic heterocycles. The zero-order valence-corrected chi connectivity index (χ0v) is 13.6. The molecule has 1 aliphatic rings. The van der Waals surface area contributed by atoms with Gasteiger partial charge in [-0.3, -0.25) is 9.48 Å². The highest BCUT2D eigenvalue weighted by Gasteiger charge is 2.38. The van der Waals surface area contributed by atoms with Crippen molar-refractivity contribution < 1.29 is 18.0 Å². The number of alkyl halides is 3. The van der Waals surface area contributed by atoms with E-state index in [1.807, 2.05) is 13.8 Å². The second-order valence-corrected chi connectivity index (χ2v) is 6.46. The van der Waals surface area contributed by atoms with Crippen LogP contribution < -0.4 is 5.32 Å². The van der Waals surface area contributed by atoms with E-state index in [-0.39, 0.29) is 5.91 Å².